The number of hydrogen-bond acceptors (Lipinski definition) is 2. The van der Waals surface area contributed by atoms with Gasteiger partial charge in [0.2, 0.25) is 0 Å². The molecule has 21 heavy (non-hydrogen) atoms. The molecule has 1 atom stereocenters. The van der Waals surface area contributed by atoms with Crippen LogP contribution in [0.4, 0.5) is 8.78 Å². The predicted molar refractivity (Wildman–Crippen MR) is 82.7 cm³/mol. The molecule has 1 aromatic carbocycles. The summed E-state index contributed by atoms with van der Waals surface area (Å²) in [5.41, 5.74) is 6.06. The largest absolute Gasteiger partial charge is 0.342 e. The number of halogens is 3. The number of aryl methyl sites for hydroxylation is 1. The van der Waals surface area contributed by atoms with Crippen LogP contribution in [0, 0.1) is 24.5 Å². The van der Waals surface area contributed by atoms with Gasteiger partial charge in [0.05, 0.1) is 5.56 Å². The monoisotopic (exact) mass is 320 g/mol. The first-order chi connectivity index (χ1) is 9.23. The number of carbonyl (C=O) groups is 1. The first kappa shape index (κ1) is 19.8. The summed E-state index contributed by atoms with van der Waals surface area (Å²) in [6.45, 7) is 5.96. The average molecular weight is 321 g/mol. The molecule has 2 N–H and O–H groups in total. The Hall–Kier alpha value is -1.20. The maximum atomic E-state index is 13.7. The minimum absolute atomic E-state index is 0. The molecule has 0 radical (unpaired) electrons. The molecule has 0 bridgehead atoms. The highest BCUT2D eigenvalue weighted by molar-refractivity contribution is 5.94. The molecule has 1 aromatic rings. The predicted octanol–water partition coefficient (Wildman–Crippen LogP) is 3.14. The molecule has 0 fully saturated rings. The Labute approximate surface area is 130 Å². The molecular formula is C15H23ClF2N2O. The second-order valence-corrected chi connectivity index (χ2v) is 5.50. The minimum Gasteiger partial charge on any atom is -0.342 e. The molecule has 0 spiro atoms. The summed E-state index contributed by atoms with van der Waals surface area (Å²) < 4.78 is 26.8. The third-order valence-electron chi connectivity index (χ3n) is 3.48. The van der Waals surface area contributed by atoms with Gasteiger partial charge in [-0.05, 0) is 30.9 Å². The SMILES string of the molecule is Cc1cc(C(=O)N(C)CCC(N)C(C)C)c(F)cc1F.Cl. The van der Waals surface area contributed by atoms with Crippen LogP contribution in [-0.2, 0) is 0 Å². The summed E-state index contributed by atoms with van der Waals surface area (Å²) in [7, 11) is 1.59. The number of carbonyl (C=O) groups excluding carboxylic acids is 1. The van der Waals surface area contributed by atoms with Crippen molar-refractivity contribution in [2.24, 2.45) is 11.7 Å². The van der Waals surface area contributed by atoms with E-state index < -0.39 is 17.5 Å². The Morgan fingerprint density at radius 1 is 1.29 bits per heavy atom. The van der Waals surface area contributed by atoms with Gasteiger partial charge in [-0.15, -0.1) is 12.4 Å². The van der Waals surface area contributed by atoms with Crippen molar-refractivity contribution >= 4 is 18.3 Å². The van der Waals surface area contributed by atoms with Gasteiger partial charge in [0.25, 0.3) is 5.91 Å². The van der Waals surface area contributed by atoms with E-state index in [2.05, 4.69) is 0 Å². The van der Waals surface area contributed by atoms with Gasteiger partial charge >= 0.3 is 0 Å². The summed E-state index contributed by atoms with van der Waals surface area (Å²) in [6, 6.07) is 1.98. The lowest BCUT2D eigenvalue weighted by atomic mass is 10.0. The fourth-order valence-electron chi connectivity index (χ4n) is 1.80. The van der Waals surface area contributed by atoms with Crippen molar-refractivity contribution in [3.63, 3.8) is 0 Å². The highest BCUT2D eigenvalue weighted by Crippen LogP contribution is 2.16. The first-order valence-corrected chi connectivity index (χ1v) is 6.70. The first-order valence-electron chi connectivity index (χ1n) is 6.70. The molecule has 0 aromatic heterocycles. The highest BCUT2D eigenvalue weighted by Gasteiger charge is 2.19. The zero-order valence-electron chi connectivity index (χ0n) is 12.8. The van der Waals surface area contributed by atoms with Crippen molar-refractivity contribution in [2.75, 3.05) is 13.6 Å². The zero-order chi connectivity index (χ0) is 15.4. The summed E-state index contributed by atoms with van der Waals surface area (Å²) in [6.07, 6.45) is 0.641. The Kier molecular flexibility index (Phi) is 7.82. The molecule has 1 amide bonds. The van der Waals surface area contributed by atoms with Gasteiger partial charge in [0.15, 0.2) is 0 Å². The molecule has 6 heteroatoms. The molecule has 0 saturated carbocycles. The minimum atomic E-state index is -0.835. The van der Waals surface area contributed by atoms with Crippen LogP contribution < -0.4 is 5.73 Å². The maximum absolute atomic E-state index is 13.7. The molecule has 0 heterocycles. The number of nitrogens with zero attached hydrogens (tertiary/aromatic N) is 1. The Balaban J connectivity index is 0.00000400. The van der Waals surface area contributed by atoms with Crippen LogP contribution in [0.25, 0.3) is 0 Å². The lowest BCUT2D eigenvalue weighted by Crippen LogP contribution is -2.35. The van der Waals surface area contributed by atoms with Crippen LogP contribution in [0.3, 0.4) is 0 Å². The number of benzene rings is 1. The molecule has 0 aliphatic carbocycles. The maximum Gasteiger partial charge on any atom is 0.256 e. The third kappa shape index (κ3) is 5.25. The van der Waals surface area contributed by atoms with E-state index in [4.69, 9.17) is 5.73 Å². The number of nitrogens with two attached hydrogens (primary N) is 1. The molecule has 0 aliphatic rings. The van der Waals surface area contributed by atoms with Crippen molar-refractivity contribution in [2.45, 2.75) is 33.2 Å². The summed E-state index contributed by atoms with van der Waals surface area (Å²) >= 11 is 0. The fraction of sp³-hybridized carbons (Fsp3) is 0.533. The van der Waals surface area contributed by atoms with Gasteiger partial charge in [0.1, 0.15) is 11.6 Å². The third-order valence-corrected chi connectivity index (χ3v) is 3.48. The van der Waals surface area contributed by atoms with Gasteiger partial charge in [-0.25, -0.2) is 8.78 Å². The van der Waals surface area contributed by atoms with E-state index in [-0.39, 0.29) is 29.6 Å². The lowest BCUT2D eigenvalue weighted by molar-refractivity contribution is 0.0784. The fourth-order valence-corrected chi connectivity index (χ4v) is 1.80. The lowest BCUT2D eigenvalue weighted by Gasteiger charge is -2.22. The molecule has 0 aliphatic heterocycles. The number of hydrogen-bond donors (Lipinski definition) is 1. The summed E-state index contributed by atoms with van der Waals surface area (Å²) in [5, 5.41) is 0. The zero-order valence-corrected chi connectivity index (χ0v) is 13.6. The second-order valence-electron chi connectivity index (χ2n) is 5.50. The van der Waals surface area contributed by atoms with Crippen LogP contribution >= 0.6 is 12.4 Å². The summed E-state index contributed by atoms with van der Waals surface area (Å²) in [4.78, 5) is 13.5. The Bertz CT molecular complexity index is 495. The van der Waals surface area contributed by atoms with E-state index in [0.29, 0.717) is 18.9 Å². The van der Waals surface area contributed by atoms with Crippen LogP contribution in [0.5, 0.6) is 0 Å². The number of rotatable bonds is 5. The quantitative estimate of drug-likeness (QED) is 0.906. The normalized spacial score (nSPS) is 12.0. The van der Waals surface area contributed by atoms with Crippen molar-refractivity contribution in [3.8, 4) is 0 Å². The molecular weight excluding hydrogens is 298 g/mol. The number of amides is 1. The van der Waals surface area contributed by atoms with Gasteiger partial charge in [-0.3, -0.25) is 4.79 Å². The van der Waals surface area contributed by atoms with E-state index in [1.807, 2.05) is 13.8 Å². The van der Waals surface area contributed by atoms with Gasteiger partial charge in [-0.2, -0.15) is 0 Å². The van der Waals surface area contributed by atoms with E-state index in [1.165, 1.54) is 17.9 Å². The second kappa shape index (κ2) is 8.29. The van der Waals surface area contributed by atoms with Crippen LogP contribution in [-0.4, -0.2) is 30.4 Å². The van der Waals surface area contributed by atoms with E-state index >= 15 is 0 Å². The van der Waals surface area contributed by atoms with Crippen molar-refractivity contribution < 1.29 is 13.6 Å². The Morgan fingerprint density at radius 3 is 2.38 bits per heavy atom. The van der Waals surface area contributed by atoms with Crippen LogP contribution in [0.15, 0.2) is 12.1 Å². The van der Waals surface area contributed by atoms with Gasteiger partial charge in [0, 0.05) is 25.7 Å². The standard InChI is InChI=1S/C15H22F2N2O.ClH/c1-9(2)14(18)5-6-19(4)15(20)11-7-10(3)12(16)8-13(11)17;/h7-9,14H,5-6,18H2,1-4H3;1H. The smallest absolute Gasteiger partial charge is 0.256 e. The molecule has 1 unspecified atom stereocenters. The van der Waals surface area contributed by atoms with E-state index in [0.717, 1.165) is 6.07 Å². The van der Waals surface area contributed by atoms with Crippen LogP contribution in [0.1, 0.15) is 36.2 Å². The van der Waals surface area contributed by atoms with Gasteiger partial charge < -0.3 is 10.6 Å². The molecule has 120 valence electrons. The van der Waals surface area contributed by atoms with Crippen LogP contribution in [0.2, 0.25) is 0 Å². The van der Waals surface area contributed by atoms with Crippen molar-refractivity contribution in [1.29, 1.82) is 0 Å². The topological polar surface area (TPSA) is 46.3 Å². The van der Waals surface area contributed by atoms with Crippen molar-refractivity contribution in [3.05, 3.63) is 34.9 Å². The van der Waals surface area contributed by atoms with E-state index in [1.54, 1.807) is 7.05 Å². The molecule has 0 saturated heterocycles. The van der Waals surface area contributed by atoms with Gasteiger partial charge in [-0.1, -0.05) is 13.8 Å². The molecule has 1 rings (SSSR count). The highest BCUT2D eigenvalue weighted by atomic mass is 35.5. The Morgan fingerprint density at radius 2 is 1.86 bits per heavy atom. The van der Waals surface area contributed by atoms with Crippen molar-refractivity contribution in [1.82, 2.24) is 4.90 Å². The van der Waals surface area contributed by atoms with E-state index in [9.17, 15) is 13.6 Å². The molecule has 3 nitrogen and oxygen atoms in total. The average Bonchev–Trinajstić information content (AvgIpc) is 2.38. The summed E-state index contributed by atoms with van der Waals surface area (Å²) in [5.74, 6) is -1.62.